The van der Waals surface area contributed by atoms with Crippen LogP contribution in [0.25, 0.3) is 22.2 Å². The molecular weight excluding hydrogens is 440 g/mol. The van der Waals surface area contributed by atoms with Gasteiger partial charge in [-0.15, -0.1) is 0 Å². The topological polar surface area (TPSA) is 87.2 Å². The van der Waals surface area contributed by atoms with E-state index in [0.717, 1.165) is 16.8 Å². The quantitative estimate of drug-likeness (QED) is 0.494. The third kappa shape index (κ3) is 4.43. The van der Waals surface area contributed by atoms with Gasteiger partial charge in [-0.25, -0.2) is 26.2 Å². The monoisotopic (exact) mass is 467 g/mol. The van der Waals surface area contributed by atoms with Gasteiger partial charge in [-0.2, -0.15) is 0 Å². The molecule has 0 N–H and O–H groups in total. The number of ether oxygens (including phenoxy) is 1. The molecule has 0 aliphatic heterocycles. The van der Waals surface area contributed by atoms with Gasteiger partial charge in [0.05, 0.1) is 18.1 Å². The molecule has 0 amide bonds. The van der Waals surface area contributed by atoms with Crippen molar-refractivity contribution in [2.75, 3.05) is 12.4 Å². The van der Waals surface area contributed by atoms with Crippen molar-refractivity contribution in [1.82, 2.24) is 14.1 Å². The molecule has 0 saturated heterocycles. The zero-order valence-corrected chi connectivity index (χ0v) is 19.2. The van der Waals surface area contributed by atoms with Gasteiger partial charge >= 0.3 is 0 Å². The molecule has 7 nitrogen and oxygen atoms in total. The van der Waals surface area contributed by atoms with Gasteiger partial charge in [0.25, 0.3) is 0 Å². The second-order valence-electron chi connectivity index (χ2n) is 8.46. The van der Waals surface area contributed by atoms with Crippen LogP contribution in [0.5, 0.6) is 0 Å². The molecule has 4 rings (SSSR count). The molecule has 1 aliphatic rings. The van der Waals surface area contributed by atoms with Crippen LogP contribution in [-0.2, 0) is 21.4 Å². The van der Waals surface area contributed by atoms with Gasteiger partial charge < -0.3 is 9.26 Å². The first kappa shape index (κ1) is 22.8. The van der Waals surface area contributed by atoms with Crippen LogP contribution in [0.2, 0.25) is 0 Å². The van der Waals surface area contributed by atoms with Gasteiger partial charge in [-0.1, -0.05) is 5.16 Å². The lowest BCUT2D eigenvalue weighted by atomic mass is 9.87. The normalized spacial score (nSPS) is 17.3. The van der Waals surface area contributed by atoms with Crippen LogP contribution < -0.4 is 0 Å². The van der Waals surface area contributed by atoms with E-state index in [1.807, 2.05) is 19.9 Å². The number of rotatable bonds is 7. The molecule has 0 radical (unpaired) electrons. The van der Waals surface area contributed by atoms with Crippen LogP contribution in [-0.4, -0.2) is 40.8 Å². The largest absolute Gasteiger partial charge is 0.376 e. The predicted octanol–water partition coefficient (Wildman–Crippen LogP) is 4.85. The highest BCUT2D eigenvalue weighted by atomic mass is 32.2. The second kappa shape index (κ2) is 8.55. The van der Waals surface area contributed by atoms with Crippen LogP contribution >= 0.6 is 0 Å². The van der Waals surface area contributed by atoms with E-state index in [-0.39, 0.29) is 31.1 Å². The molecular formula is C22H27F2N3O4S. The van der Waals surface area contributed by atoms with Crippen molar-refractivity contribution in [3.05, 3.63) is 35.5 Å². The molecule has 0 bridgehead atoms. The first-order valence-corrected chi connectivity index (χ1v) is 12.3. The summed E-state index contributed by atoms with van der Waals surface area (Å²) >= 11 is 0. The zero-order chi connectivity index (χ0) is 23.1. The molecule has 3 aromatic rings. The summed E-state index contributed by atoms with van der Waals surface area (Å²) in [6.07, 6.45) is 3.79. The van der Waals surface area contributed by atoms with Gasteiger partial charge in [-0.05, 0) is 45.6 Å². The van der Waals surface area contributed by atoms with E-state index in [9.17, 15) is 17.2 Å². The Hall–Kier alpha value is -2.33. The lowest BCUT2D eigenvalue weighted by Gasteiger charge is -2.27. The highest BCUT2D eigenvalue weighted by Gasteiger charge is 2.34. The number of halogens is 2. The van der Waals surface area contributed by atoms with E-state index in [1.54, 1.807) is 19.3 Å². The van der Waals surface area contributed by atoms with Crippen LogP contribution in [0.1, 0.15) is 49.6 Å². The van der Waals surface area contributed by atoms with Crippen molar-refractivity contribution < 1.29 is 26.5 Å². The van der Waals surface area contributed by atoms with Crippen LogP contribution in [0.3, 0.4) is 0 Å². The van der Waals surface area contributed by atoms with Gasteiger partial charge in [0, 0.05) is 53.9 Å². The number of hydrogen-bond acceptors (Lipinski definition) is 6. The van der Waals surface area contributed by atoms with Crippen molar-refractivity contribution in [1.29, 1.82) is 0 Å². The second-order valence-corrected chi connectivity index (χ2v) is 10.6. The lowest BCUT2D eigenvalue weighted by molar-refractivity contribution is -0.0569. The Labute approximate surface area is 185 Å². The summed E-state index contributed by atoms with van der Waals surface area (Å²) < 4.78 is 64.3. The maximum absolute atomic E-state index is 13.4. The number of fused-ring (bicyclic) bond motifs is 1. The van der Waals surface area contributed by atoms with Crippen molar-refractivity contribution in [3.63, 3.8) is 0 Å². The first-order valence-electron chi connectivity index (χ1n) is 10.7. The minimum absolute atomic E-state index is 0.0688. The molecule has 1 saturated carbocycles. The van der Waals surface area contributed by atoms with Crippen molar-refractivity contribution >= 4 is 21.1 Å². The van der Waals surface area contributed by atoms with Crippen molar-refractivity contribution in [2.24, 2.45) is 5.92 Å². The third-order valence-corrected chi connectivity index (χ3v) is 7.74. The number of alkyl halides is 2. The average molecular weight is 468 g/mol. The van der Waals surface area contributed by atoms with E-state index in [2.05, 4.69) is 10.1 Å². The lowest BCUT2D eigenvalue weighted by Crippen LogP contribution is -2.26. The molecule has 3 aromatic heterocycles. The van der Waals surface area contributed by atoms with Crippen LogP contribution in [0.4, 0.5) is 8.78 Å². The first-order chi connectivity index (χ1) is 15.1. The molecule has 1 fully saturated rings. The van der Waals surface area contributed by atoms with Gasteiger partial charge in [0.1, 0.15) is 5.76 Å². The highest BCUT2D eigenvalue weighted by Crippen LogP contribution is 2.36. The highest BCUT2D eigenvalue weighted by molar-refractivity contribution is 7.90. The Kier molecular flexibility index (Phi) is 6.10. The van der Waals surface area contributed by atoms with E-state index < -0.39 is 15.9 Å². The standard InChI is InChI=1S/C22H27F2N3O4S/c1-4-32(28,29)27-11-18(13-30-12-16-5-7-22(23,24)8-6-16)19-9-17(10-25-21(19)27)20-14(2)26-31-15(20)3/h9-11,16H,4-8,12-13H2,1-3H3. The van der Waals surface area contributed by atoms with Crippen molar-refractivity contribution in [3.8, 4) is 11.1 Å². The van der Waals surface area contributed by atoms with Gasteiger partial charge in [0.2, 0.25) is 15.9 Å². The van der Waals surface area contributed by atoms with E-state index >= 15 is 0 Å². The zero-order valence-electron chi connectivity index (χ0n) is 18.4. The minimum Gasteiger partial charge on any atom is -0.376 e. The van der Waals surface area contributed by atoms with E-state index in [1.165, 1.54) is 3.97 Å². The Morgan fingerprint density at radius 1 is 1.28 bits per heavy atom. The molecule has 32 heavy (non-hydrogen) atoms. The Morgan fingerprint density at radius 3 is 2.62 bits per heavy atom. The summed E-state index contributed by atoms with van der Waals surface area (Å²) in [6.45, 7) is 5.75. The molecule has 0 spiro atoms. The molecule has 3 heterocycles. The molecule has 10 heteroatoms. The van der Waals surface area contributed by atoms with E-state index in [0.29, 0.717) is 41.8 Å². The molecule has 174 valence electrons. The fraction of sp³-hybridized carbons (Fsp3) is 0.545. The maximum atomic E-state index is 13.4. The minimum atomic E-state index is -3.56. The number of aryl methyl sites for hydroxylation is 2. The summed E-state index contributed by atoms with van der Waals surface area (Å²) in [5, 5.41) is 4.64. The Balaban J connectivity index is 1.63. The summed E-state index contributed by atoms with van der Waals surface area (Å²) in [6, 6.07) is 1.87. The maximum Gasteiger partial charge on any atom is 0.248 e. The number of aromatic nitrogens is 3. The van der Waals surface area contributed by atoms with Crippen LogP contribution in [0, 0.1) is 19.8 Å². The number of pyridine rings is 1. The Morgan fingerprint density at radius 2 is 2.00 bits per heavy atom. The summed E-state index contributed by atoms with van der Waals surface area (Å²) in [7, 11) is -3.56. The SMILES string of the molecule is CCS(=O)(=O)n1cc(COCC2CCC(F)(F)CC2)c2cc(-c3c(C)noc3C)cnc21. The van der Waals surface area contributed by atoms with Crippen LogP contribution in [0.15, 0.2) is 23.0 Å². The smallest absolute Gasteiger partial charge is 0.248 e. The van der Waals surface area contributed by atoms with Gasteiger partial charge in [-0.3, -0.25) is 0 Å². The summed E-state index contributed by atoms with van der Waals surface area (Å²) in [5.74, 6) is -1.91. The molecule has 0 unspecified atom stereocenters. The Bertz CT molecular complexity index is 1200. The average Bonchev–Trinajstić information content (AvgIpc) is 3.29. The third-order valence-electron chi connectivity index (χ3n) is 6.13. The fourth-order valence-corrected chi connectivity index (χ4v) is 5.22. The van der Waals surface area contributed by atoms with E-state index in [4.69, 9.17) is 9.26 Å². The number of hydrogen-bond donors (Lipinski definition) is 0. The fourth-order valence-electron chi connectivity index (χ4n) is 4.24. The van der Waals surface area contributed by atoms with Gasteiger partial charge in [0.15, 0.2) is 5.65 Å². The van der Waals surface area contributed by atoms with Crippen molar-refractivity contribution in [2.45, 2.75) is 59.0 Å². The summed E-state index contributed by atoms with van der Waals surface area (Å²) in [4.78, 5) is 4.44. The summed E-state index contributed by atoms with van der Waals surface area (Å²) in [5.41, 5.74) is 3.32. The molecule has 1 aliphatic carbocycles. The predicted molar refractivity (Wildman–Crippen MR) is 116 cm³/mol. The molecule has 0 aromatic carbocycles. The number of nitrogens with zero attached hydrogens (tertiary/aromatic N) is 3. The molecule has 0 atom stereocenters.